The lowest BCUT2D eigenvalue weighted by molar-refractivity contribution is -0.124. The van der Waals surface area contributed by atoms with Crippen LogP contribution in [0.5, 0.6) is 0 Å². The normalized spacial score (nSPS) is 22.1. The quantitative estimate of drug-likeness (QED) is 0.204. The number of hydrogen-bond acceptors (Lipinski definition) is 4. The molecule has 0 saturated carbocycles. The summed E-state index contributed by atoms with van der Waals surface area (Å²) in [5.74, 6) is 0.542. The summed E-state index contributed by atoms with van der Waals surface area (Å²) in [6, 6.07) is 46.1. The molecule has 47 heavy (non-hydrogen) atoms. The van der Waals surface area contributed by atoms with Crippen LogP contribution in [0.25, 0.3) is 22.7 Å². The van der Waals surface area contributed by atoms with Crippen molar-refractivity contribution < 1.29 is 19.1 Å². The number of anilines is 2. The highest BCUT2D eigenvalue weighted by atomic mass is 16.5. The second kappa shape index (κ2) is 10.9. The fourth-order valence-electron chi connectivity index (χ4n) is 7.19. The summed E-state index contributed by atoms with van der Waals surface area (Å²) in [6.45, 7) is 3.82. The van der Waals surface area contributed by atoms with Crippen molar-refractivity contribution in [2.24, 2.45) is 0 Å². The van der Waals surface area contributed by atoms with Gasteiger partial charge in [-0.1, -0.05) is 133 Å². The van der Waals surface area contributed by atoms with Crippen LogP contribution < -0.4 is 9.80 Å². The van der Waals surface area contributed by atoms with Crippen LogP contribution in [0.15, 0.2) is 146 Å². The van der Waals surface area contributed by atoms with Crippen LogP contribution in [-0.4, -0.2) is 23.3 Å². The summed E-state index contributed by atoms with van der Waals surface area (Å²) in [5, 5.41) is 0. The van der Waals surface area contributed by atoms with Gasteiger partial charge in [0, 0.05) is 11.1 Å². The van der Waals surface area contributed by atoms with E-state index in [1.807, 2.05) is 159 Å². The summed E-state index contributed by atoms with van der Waals surface area (Å²) < 4.78 is 14.2. The Bertz CT molecular complexity index is 1930. The van der Waals surface area contributed by atoms with Crippen LogP contribution >= 0.6 is 0 Å². The Hall–Kier alpha value is -5.88. The van der Waals surface area contributed by atoms with Gasteiger partial charge >= 0.3 is 0 Å². The van der Waals surface area contributed by atoms with Gasteiger partial charge in [0.15, 0.2) is 11.4 Å². The van der Waals surface area contributed by atoms with Gasteiger partial charge in [0.2, 0.25) is 0 Å². The standard InChI is InChI=1S/C41H32N2O4/c1-40-27-41(2)43(39(45)35(29-19-9-4-10-20-29)37(47-41)31-23-13-6-14-24-31)33-26-16-15-25-32(33)42(40)38(44)34(28-17-7-3-8-18-28)36(46-40)30-21-11-5-12-22-30/h3-26H,27H2,1-2H3. The molecule has 2 amide bonds. The number of rotatable bonds is 4. The van der Waals surface area contributed by atoms with E-state index >= 15 is 9.59 Å². The fraction of sp³-hybridized carbons (Fsp3) is 0.122. The Morgan fingerprint density at radius 3 is 1.09 bits per heavy atom. The van der Waals surface area contributed by atoms with Gasteiger partial charge in [-0.2, -0.15) is 0 Å². The predicted molar refractivity (Wildman–Crippen MR) is 184 cm³/mol. The molecule has 2 atom stereocenters. The van der Waals surface area contributed by atoms with Crippen molar-refractivity contribution in [3.8, 4) is 0 Å². The van der Waals surface area contributed by atoms with Crippen LogP contribution in [0.2, 0.25) is 0 Å². The molecule has 8 rings (SSSR count). The van der Waals surface area contributed by atoms with Crippen molar-refractivity contribution in [3.63, 3.8) is 0 Å². The Morgan fingerprint density at radius 2 is 0.745 bits per heavy atom. The molecule has 2 unspecified atom stereocenters. The van der Waals surface area contributed by atoms with Crippen molar-refractivity contribution in [2.45, 2.75) is 31.7 Å². The van der Waals surface area contributed by atoms with Gasteiger partial charge < -0.3 is 9.47 Å². The van der Waals surface area contributed by atoms with Gasteiger partial charge in [0.05, 0.1) is 28.9 Å². The summed E-state index contributed by atoms with van der Waals surface area (Å²) in [6.07, 6.45) is 0.156. The molecule has 6 nitrogen and oxygen atoms in total. The van der Waals surface area contributed by atoms with E-state index in [0.29, 0.717) is 34.0 Å². The van der Waals surface area contributed by atoms with Crippen LogP contribution in [0.4, 0.5) is 11.4 Å². The smallest absolute Gasteiger partial charge is 0.265 e. The molecule has 0 bridgehead atoms. The van der Waals surface area contributed by atoms with Gasteiger partial charge in [-0.25, -0.2) is 0 Å². The minimum absolute atomic E-state index is 0.156. The highest BCUT2D eigenvalue weighted by Gasteiger charge is 2.59. The molecule has 0 saturated heterocycles. The van der Waals surface area contributed by atoms with Crippen molar-refractivity contribution in [1.29, 1.82) is 0 Å². The number of carbonyl (C=O) groups excluding carboxylic acids is 2. The Labute approximate surface area is 273 Å². The minimum Gasteiger partial charge on any atom is -0.466 e. The molecule has 3 aliphatic rings. The molecule has 0 radical (unpaired) electrons. The molecule has 230 valence electrons. The number of amides is 2. The maximum Gasteiger partial charge on any atom is 0.265 e. The van der Waals surface area contributed by atoms with Crippen molar-refractivity contribution >= 4 is 45.9 Å². The highest BCUT2D eigenvalue weighted by molar-refractivity contribution is 6.36. The number of para-hydroxylation sites is 2. The molecule has 3 aliphatic heterocycles. The maximum absolute atomic E-state index is 15.1. The number of benzene rings is 5. The zero-order chi connectivity index (χ0) is 32.2. The molecular weight excluding hydrogens is 584 g/mol. The van der Waals surface area contributed by atoms with Gasteiger partial charge in [-0.3, -0.25) is 19.4 Å². The molecule has 0 spiro atoms. The zero-order valence-electron chi connectivity index (χ0n) is 26.1. The molecule has 0 fully saturated rings. The summed E-state index contributed by atoms with van der Waals surface area (Å²) in [5.41, 5.74) is 2.62. The van der Waals surface area contributed by atoms with Crippen LogP contribution in [0.3, 0.4) is 0 Å². The van der Waals surface area contributed by atoms with E-state index in [9.17, 15) is 0 Å². The SMILES string of the molecule is CC12CC3(C)OC(c4ccccc4)=C(c4ccccc4)C(=O)N3c3ccccc3N1C(=O)C(c1ccccc1)=C(c1ccccc1)O2. The number of fused-ring (bicyclic) bond motifs is 5. The first-order valence-electron chi connectivity index (χ1n) is 15.7. The molecule has 3 heterocycles. The maximum atomic E-state index is 15.1. The first-order chi connectivity index (χ1) is 22.9. The van der Waals surface area contributed by atoms with E-state index in [-0.39, 0.29) is 18.2 Å². The Morgan fingerprint density at radius 1 is 0.447 bits per heavy atom. The van der Waals surface area contributed by atoms with Crippen molar-refractivity contribution in [1.82, 2.24) is 0 Å². The molecule has 0 aliphatic carbocycles. The first kappa shape index (κ1) is 28.6. The second-order valence-corrected chi connectivity index (χ2v) is 12.4. The number of hydrogen-bond donors (Lipinski definition) is 0. The molecule has 0 aromatic heterocycles. The third-order valence-corrected chi connectivity index (χ3v) is 9.09. The predicted octanol–water partition coefficient (Wildman–Crippen LogP) is 8.39. The first-order valence-corrected chi connectivity index (χ1v) is 15.7. The summed E-state index contributed by atoms with van der Waals surface area (Å²) in [4.78, 5) is 33.5. The van der Waals surface area contributed by atoms with Crippen molar-refractivity contribution in [3.05, 3.63) is 168 Å². The number of ether oxygens (including phenoxy) is 2. The average Bonchev–Trinajstić information content (AvgIpc) is 3.19. The Balaban J connectivity index is 1.37. The highest BCUT2D eigenvalue weighted by Crippen LogP contribution is 2.54. The molecular formula is C41H32N2O4. The lowest BCUT2D eigenvalue weighted by Crippen LogP contribution is -2.61. The fourth-order valence-corrected chi connectivity index (χ4v) is 7.19. The topological polar surface area (TPSA) is 59.1 Å². The average molecular weight is 617 g/mol. The largest absolute Gasteiger partial charge is 0.466 e. The van der Waals surface area contributed by atoms with Crippen LogP contribution in [-0.2, 0) is 19.1 Å². The molecule has 5 aromatic carbocycles. The van der Waals surface area contributed by atoms with Crippen molar-refractivity contribution in [2.75, 3.05) is 9.80 Å². The van der Waals surface area contributed by atoms with E-state index < -0.39 is 11.4 Å². The monoisotopic (exact) mass is 616 g/mol. The van der Waals surface area contributed by atoms with Gasteiger partial charge in [-0.05, 0) is 37.1 Å². The third kappa shape index (κ3) is 4.56. The van der Waals surface area contributed by atoms with Crippen LogP contribution in [0.1, 0.15) is 42.5 Å². The minimum atomic E-state index is -1.24. The van der Waals surface area contributed by atoms with E-state index in [2.05, 4.69) is 0 Å². The van der Waals surface area contributed by atoms with E-state index in [4.69, 9.17) is 9.47 Å². The number of carbonyl (C=O) groups is 2. The molecule has 5 aromatic rings. The van der Waals surface area contributed by atoms with E-state index in [1.54, 1.807) is 9.80 Å². The van der Waals surface area contributed by atoms with Gasteiger partial charge in [0.1, 0.15) is 11.5 Å². The lowest BCUT2D eigenvalue weighted by atomic mass is 9.91. The summed E-state index contributed by atoms with van der Waals surface area (Å²) in [7, 11) is 0. The summed E-state index contributed by atoms with van der Waals surface area (Å²) >= 11 is 0. The lowest BCUT2D eigenvalue weighted by Gasteiger charge is -2.49. The second-order valence-electron chi connectivity index (χ2n) is 12.4. The van der Waals surface area contributed by atoms with Gasteiger partial charge in [0.25, 0.3) is 11.8 Å². The Kier molecular flexibility index (Phi) is 6.62. The van der Waals surface area contributed by atoms with Crippen LogP contribution in [0, 0.1) is 0 Å². The molecule has 0 N–H and O–H groups in total. The molecule has 6 heteroatoms. The van der Waals surface area contributed by atoms with Gasteiger partial charge in [-0.15, -0.1) is 0 Å². The zero-order valence-corrected chi connectivity index (χ0v) is 26.1. The number of nitrogens with zero attached hydrogens (tertiary/aromatic N) is 2. The third-order valence-electron chi connectivity index (χ3n) is 9.09. The van der Waals surface area contributed by atoms with E-state index in [0.717, 1.165) is 22.3 Å². The van der Waals surface area contributed by atoms with E-state index in [1.165, 1.54) is 0 Å².